The van der Waals surface area contributed by atoms with Crippen molar-refractivity contribution in [2.24, 2.45) is 0 Å². The van der Waals surface area contributed by atoms with Crippen LogP contribution in [0.2, 0.25) is 0 Å². The van der Waals surface area contributed by atoms with Crippen molar-refractivity contribution < 1.29 is 43.9 Å². The summed E-state index contributed by atoms with van der Waals surface area (Å²) in [5, 5.41) is 30.8. The van der Waals surface area contributed by atoms with E-state index in [1.54, 1.807) is 6.92 Å². The molecule has 1 rings (SSSR count). The fraction of sp³-hybridized carbons (Fsp3) is 0.818. The fourth-order valence-electron chi connectivity index (χ4n) is 3.02. The second kappa shape index (κ2) is 16.1. The van der Waals surface area contributed by atoms with Gasteiger partial charge in [0.25, 0.3) is 0 Å². The van der Waals surface area contributed by atoms with Crippen LogP contribution in [-0.4, -0.2) is 97.8 Å². The molecule has 0 spiro atoms. The summed E-state index contributed by atoms with van der Waals surface area (Å²) < 4.78 is 21.5. The molecular formula is C22H39NO9. The topological polar surface area (TPSA) is 144 Å². The molecule has 4 N–H and O–H groups in total. The van der Waals surface area contributed by atoms with E-state index in [0.29, 0.717) is 64.8 Å². The predicted molar refractivity (Wildman–Crippen MR) is 116 cm³/mol. The zero-order chi connectivity index (χ0) is 23.8. The minimum absolute atomic E-state index is 0.0379. The third kappa shape index (κ3) is 11.3. The van der Waals surface area contributed by atoms with Gasteiger partial charge in [-0.2, -0.15) is 0 Å². The molecule has 1 aliphatic rings. The minimum Gasteiger partial charge on any atom is -0.479 e. The van der Waals surface area contributed by atoms with Crippen molar-refractivity contribution in [3.63, 3.8) is 0 Å². The second-order valence-corrected chi connectivity index (χ2v) is 7.70. The van der Waals surface area contributed by atoms with Gasteiger partial charge in [-0.3, -0.25) is 4.79 Å². The number of aliphatic hydroxyl groups excluding tert-OH is 2. The summed E-state index contributed by atoms with van der Waals surface area (Å²) >= 11 is 0. The molecule has 0 radical (unpaired) electrons. The lowest BCUT2D eigenvalue weighted by Gasteiger charge is -2.11. The first-order chi connectivity index (χ1) is 15.3. The molecule has 186 valence electrons. The van der Waals surface area contributed by atoms with Gasteiger partial charge in [-0.25, -0.2) is 4.79 Å². The highest BCUT2D eigenvalue weighted by Crippen LogP contribution is 2.46. The normalized spacial score (nSPS) is 22.1. The Labute approximate surface area is 189 Å². The van der Waals surface area contributed by atoms with Crippen molar-refractivity contribution in [1.29, 1.82) is 0 Å². The van der Waals surface area contributed by atoms with Crippen LogP contribution < -0.4 is 5.32 Å². The number of nitrogens with one attached hydrogen (secondary N) is 1. The van der Waals surface area contributed by atoms with Crippen LogP contribution in [-0.2, 0) is 28.5 Å². The molecule has 0 aromatic heterocycles. The van der Waals surface area contributed by atoms with Gasteiger partial charge in [0.1, 0.15) is 11.7 Å². The highest BCUT2D eigenvalue weighted by molar-refractivity contribution is 5.76. The van der Waals surface area contributed by atoms with Crippen LogP contribution in [0.15, 0.2) is 11.6 Å². The van der Waals surface area contributed by atoms with E-state index in [1.807, 2.05) is 6.92 Å². The van der Waals surface area contributed by atoms with E-state index in [4.69, 9.17) is 24.1 Å². The van der Waals surface area contributed by atoms with Crippen molar-refractivity contribution in [3.05, 3.63) is 11.6 Å². The van der Waals surface area contributed by atoms with Gasteiger partial charge in [-0.15, -0.1) is 0 Å². The molecule has 3 atom stereocenters. The van der Waals surface area contributed by atoms with Crippen LogP contribution in [0.1, 0.15) is 46.0 Å². The number of hydrogen-bond acceptors (Lipinski definition) is 8. The molecule has 1 saturated carbocycles. The number of aliphatic carboxylic acids is 1. The highest BCUT2D eigenvalue weighted by Gasteiger charge is 2.57. The molecule has 1 fully saturated rings. The summed E-state index contributed by atoms with van der Waals surface area (Å²) in [4.78, 5) is 22.4. The molecule has 10 nitrogen and oxygen atoms in total. The maximum atomic E-state index is 11.7. The molecule has 1 aliphatic carbocycles. The van der Waals surface area contributed by atoms with E-state index in [1.165, 1.54) is 0 Å². The smallest absolute Gasteiger partial charge is 0.336 e. The number of aliphatic hydroxyl groups is 2. The number of unbranched alkanes of at least 4 members (excludes halogenated alkanes) is 3. The average molecular weight is 462 g/mol. The van der Waals surface area contributed by atoms with Crippen LogP contribution in [0.5, 0.6) is 0 Å². The SMILES string of the molecule is CCOCCOCCOCCC(=O)NCCCCCCOC1(C)C(=CC(O)C(=O)O)[C@@H]1O. The van der Waals surface area contributed by atoms with Crippen molar-refractivity contribution in [3.8, 4) is 0 Å². The Morgan fingerprint density at radius 3 is 2.31 bits per heavy atom. The Balaban J connectivity index is 1.92. The van der Waals surface area contributed by atoms with Crippen LogP contribution in [0, 0.1) is 0 Å². The first kappa shape index (κ1) is 28.5. The molecule has 2 unspecified atom stereocenters. The Morgan fingerprint density at radius 1 is 1.03 bits per heavy atom. The van der Waals surface area contributed by atoms with Gasteiger partial charge in [-0.1, -0.05) is 12.8 Å². The standard InChI is InChI=1S/C22H39NO9/c1-3-29-12-13-31-15-14-30-11-8-19(25)23-9-6-4-5-7-10-32-22(2)17(20(22)26)16-18(24)21(27)28/h16,18,20,24,26H,3-15H2,1-2H3,(H,23,25)(H,27,28)/t18?,20-,22?/m0/s1. The molecule has 1 amide bonds. The van der Waals surface area contributed by atoms with Gasteiger partial charge < -0.3 is 39.6 Å². The molecule has 0 aromatic carbocycles. The van der Waals surface area contributed by atoms with Crippen LogP contribution in [0.3, 0.4) is 0 Å². The van der Waals surface area contributed by atoms with Gasteiger partial charge in [0.15, 0.2) is 6.10 Å². The van der Waals surface area contributed by atoms with Crippen LogP contribution in [0.25, 0.3) is 0 Å². The fourth-order valence-corrected chi connectivity index (χ4v) is 3.02. The lowest BCUT2D eigenvalue weighted by atomic mass is 10.2. The molecule has 0 heterocycles. The number of rotatable bonds is 20. The lowest BCUT2D eigenvalue weighted by Crippen LogP contribution is -2.25. The number of hydrogen-bond donors (Lipinski definition) is 4. The molecular weight excluding hydrogens is 422 g/mol. The number of carboxylic acids is 1. The van der Waals surface area contributed by atoms with E-state index >= 15 is 0 Å². The van der Waals surface area contributed by atoms with E-state index in [2.05, 4.69) is 5.32 Å². The quantitative estimate of drug-likeness (QED) is 0.152. The van der Waals surface area contributed by atoms with E-state index in [9.17, 15) is 19.8 Å². The number of carboxylic acid groups (broad SMARTS) is 1. The van der Waals surface area contributed by atoms with Crippen molar-refractivity contribution >= 4 is 11.9 Å². The molecule has 0 aliphatic heterocycles. The van der Waals surface area contributed by atoms with Crippen molar-refractivity contribution in [1.82, 2.24) is 5.32 Å². The monoisotopic (exact) mass is 461 g/mol. The van der Waals surface area contributed by atoms with E-state index in [0.717, 1.165) is 31.8 Å². The van der Waals surface area contributed by atoms with Gasteiger partial charge >= 0.3 is 5.97 Å². The zero-order valence-corrected chi connectivity index (χ0v) is 19.2. The minimum atomic E-state index is -1.64. The van der Waals surface area contributed by atoms with Crippen molar-refractivity contribution in [2.45, 2.75) is 63.8 Å². The summed E-state index contributed by atoms with van der Waals surface area (Å²) in [7, 11) is 0. The third-order valence-corrected chi connectivity index (χ3v) is 5.11. The van der Waals surface area contributed by atoms with Gasteiger partial charge in [-0.05, 0) is 38.3 Å². The summed E-state index contributed by atoms with van der Waals surface area (Å²) in [5.74, 6) is -1.40. The van der Waals surface area contributed by atoms with Crippen LogP contribution in [0.4, 0.5) is 0 Å². The number of ether oxygens (including phenoxy) is 4. The molecule has 0 aromatic rings. The first-order valence-electron chi connectivity index (χ1n) is 11.3. The Morgan fingerprint density at radius 2 is 1.66 bits per heavy atom. The summed E-state index contributed by atoms with van der Waals surface area (Å²) in [6, 6.07) is 0. The maximum Gasteiger partial charge on any atom is 0.336 e. The van der Waals surface area contributed by atoms with Gasteiger partial charge in [0.2, 0.25) is 5.91 Å². The molecule has 0 saturated heterocycles. The molecule has 0 bridgehead atoms. The average Bonchev–Trinajstić information content (AvgIpc) is 3.27. The van der Waals surface area contributed by atoms with E-state index in [-0.39, 0.29) is 5.91 Å². The summed E-state index contributed by atoms with van der Waals surface area (Å²) in [6.45, 7) is 7.73. The van der Waals surface area contributed by atoms with Gasteiger partial charge in [0.05, 0.1) is 33.0 Å². The van der Waals surface area contributed by atoms with Crippen LogP contribution >= 0.6 is 0 Å². The maximum absolute atomic E-state index is 11.7. The third-order valence-electron chi connectivity index (χ3n) is 5.11. The second-order valence-electron chi connectivity index (χ2n) is 7.70. The number of carbonyl (C=O) groups is 2. The number of amides is 1. The zero-order valence-electron chi connectivity index (χ0n) is 19.2. The summed E-state index contributed by atoms with van der Waals surface area (Å²) in [5.41, 5.74) is -0.518. The largest absolute Gasteiger partial charge is 0.479 e. The van der Waals surface area contributed by atoms with E-state index < -0.39 is 23.8 Å². The first-order valence-corrected chi connectivity index (χ1v) is 11.3. The highest BCUT2D eigenvalue weighted by atomic mass is 16.5. The van der Waals surface area contributed by atoms with Gasteiger partial charge in [0, 0.05) is 26.2 Å². The number of carbonyl (C=O) groups excluding carboxylic acids is 1. The molecule has 10 heteroatoms. The molecule has 32 heavy (non-hydrogen) atoms. The Bertz CT molecular complexity index is 584. The van der Waals surface area contributed by atoms with Crippen molar-refractivity contribution in [2.75, 3.05) is 52.8 Å². The Kier molecular flexibility index (Phi) is 14.3. The summed E-state index contributed by atoms with van der Waals surface area (Å²) in [6.07, 6.45) is 2.39. The predicted octanol–water partition coefficient (Wildman–Crippen LogP) is 0.645. The lowest BCUT2D eigenvalue weighted by molar-refractivity contribution is -0.144. The Hall–Kier alpha value is -1.56.